The summed E-state index contributed by atoms with van der Waals surface area (Å²) in [6.45, 7) is 9.02. The Bertz CT molecular complexity index is 2570. The Hall–Kier alpha value is -6.61. The van der Waals surface area contributed by atoms with Crippen LogP contribution in [-0.2, 0) is 37.0 Å². The predicted octanol–water partition coefficient (Wildman–Crippen LogP) is 10.3. The molecule has 3 N–H and O–H groups in total. The van der Waals surface area contributed by atoms with Crippen molar-refractivity contribution in [3.63, 3.8) is 0 Å². The summed E-state index contributed by atoms with van der Waals surface area (Å²) in [5.41, 5.74) is 6.39. The zero-order chi connectivity index (χ0) is 48.6. The lowest BCUT2D eigenvalue weighted by atomic mass is 9.92. The maximum atomic E-state index is 12.8. The number of nitrogens with one attached hydrogen (secondary N) is 1. The third-order valence-electron chi connectivity index (χ3n) is 12.1. The van der Waals surface area contributed by atoms with E-state index >= 15 is 0 Å². The second kappa shape index (κ2) is 24.6. The number of piperidine rings is 2. The molecule has 2 unspecified atom stereocenters. The first-order valence-electron chi connectivity index (χ1n) is 23.9. The average molecular weight is 941 g/mol. The Balaban J connectivity index is 0.000000208. The topological polar surface area (TPSA) is 187 Å². The van der Waals surface area contributed by atoms with Crippen molar-refractivity contribution in [3.8, 4) is 0 Å². The number of nitrogens with zero attached hydrogens (tertiary/aromatic N) is 3. The van der Waals surface area contributed by atoms with Crippen LogP contribution in [0.15, 0.2) is 141 Å². The minimum Gasteiger partial charge on any atom is -0.461 e. The zero-order valence-electron chi connectivity index (χ0n) is 39.8. The maximum Gasteiger partial charge on any atom is 0.410 e. The number of carbonyl (C=O) groups is 3. The second-order valence-electron chi connectivity index (χ2n) is 18.6. The van der Waals surface area contributed by atoms with Gasteiger partial charge in [-0.25, -0.2) is 14.8 Å². The van der Waals surface area contributed by atoms with E-state index in [1.807, 2.05) is 124 Å². The molecule has 4 heterocycles. The van der Waals surface area contributed by atoms with Gasteiger partial charge in [0.1, 0.15) is 42.1 Å². The van der Waals surface area contributed by atoms with Crippen LogP contribution in [0.25, 0.3) is 22.2 Å². The molecule has 0 saturated carbocycles. The van der Waals surface area contributed by atoms with Crippen LogP contribution in [0, 0.1) is 11.8 Å². The summed E-state index contributed by atoms with van der Waals surface area (Å²) in [6, 6.07) is 33.8. The van der Waals surface area contributed by atoms with Gasteiger partial charge in [0.25, 0.3) is 0 Å². The monoisotopic (exact) mass is 940 g/mol. The van der Waals surface area contributed by atoms with Gasteiger partial charge in [0.2, 0.25) is 11.8 Å². The SMILES string of the molecule is CC(C)(C)OC(=O)N1CCC(=CC[C@H](CC(=O)OCc2ccccc2)C(O)c2nc3ccccc3o2)CC1.O=C(C[C@@H](CC=C1CCNCC1)C(O)c1nc2ccccc2o1)OCc1ccccc1. The van der Waals surface area contributed by atoms with E-state index < -0.39 is 29.7 Å². The van der Waals surface area contributed by atoms with E-state index in [9.17, 15) is 24.6 Å². The number of ether oxygens (including phenoxy) is 3. The molecule has 0 aliphatic carbocycles. The summed E-state index contributed by atoms with van der Waals surface area (Å²) in [7, 11) is 0. The number of esters is 2. The number of aromatic nitrogens is 2. The third-order valence-corrected chi connectivity index (χ3v) is 12.1. The number of carbonyl (C=O) groups excluding carboxylic acids is 3. The van der Waals surface area contributed by atoms with E-state index in [0.717, 1.165) is 37.1 Å². The van der Waals surface area contributed by atoms with Crippen molar-refractivity contribution in [2.45, 2.75) is 103 Å². The lowest BCUT2D eigenvalue weighted by molar-refractivity contribution is -0.148. The fourth-order valence-corrected chi connectivity index (χ4v) is 8.20. The highest BCUT2D eigenvalue weighted by Crippen LogP contribution is 2.33. The molecular weight excluding hydrogens is 877 g/mol. The molecule has 4 aromatic carbocycles. The van der Waals surface area contributed by atoms with Crippen LogP contribution in [0.2, 0.25) is 0 Å². The Kier molecular flexibility index (Phi) is 17.9. The largest absolute Gasteiger partial charge is 0.461 e. The summed E-state index contributed by atoms with van der Waals surface area (Å²) in [4.78, 5) is 48.3. The summed E-state index contributed by atoms with van der Waals surface area (Å²) in [5.74, 6) is -1.17. The summed E-state index contributed by atoms with van der Waals surface area (Å²) in [6.07, 6.45) is 6.37. The molecule has 1 amide bonds. The number of aliphatic hydroxyl groups excluding tert-OH is 2. The van der Waals surface area contributed by atoms with Crippen molar-refractivity contribution in [3.05, 3.63) is 155 Å². The third kappa shape index (κ3) is 15.4. The van der Waals surface area contributed by atoms with Gasteiger partial charge in [-0.1, -0.05) is 108 Å². The van der Waals surface area contributed by atoms with Gasteiger partial charge in [-0.05, 0) is 108 Å². The van der Waals surface area contributed by atoms with E-state index in [2.05, 4.69) is 27.4 Å². The molecule has 364 valence electrons. The maximum absolute atomic E-state index is 12.8. The molecule has 8 rings (SSSR count). The number of rotatable bonds is 16. The van der Waals surface area contributed by atoms with Crippen LogP contribution in [0.3, 0.4) is 0 Å². The molecule has 14 nitrogen and oxygen atoms in total. The lowest BCUT2D eigenvalue weighted by Crippen LogP contribution is -2.40. The van der Waals surface area contributed by atoms with Crippen LogP contribution in [0.5, 0.6) is 0 Å². The Morgan fingerprint density at radius 1 is 0.638 bits per heavy atom. The normalized spacial score (nSPS) is 15.9. The fourth-order valence-electron chi connectivity index (χ4n) is 8.20. The van der Waals surface area contributed by atoms with Gasteiger partial charge in [0, 0.05) is 24.9 Å². The molecule has 0 radical (unpaired) electrons. The van der Waals surface area contributed by atoms with Crippen molar-refractivity contribution in [1.29, 1.82) is 0 Å². The van der Waals surface area contributed by atoms with Crippen molar-refractivity contribution in [2.24, 2.45) is 11.8 Å². The van der Waals surface area contributed by atoms with Gasteiger partial charge < -0.3 is 43.5 Å². The fraction of sp³-hybridized carbons (Fsp3) is 0.400. The van der Waals surface area contributed by atoms with Gasteiger partial charge in [0.15, 0.2) is 11.2 Å². The van der Waals surface area contributed by atoms with Gasteiger partial charge in [0.05, 0.1) is 12.8 Å². The molecule has 6 aromatic rings. The van der Waals surface area contributed by atoms with Crippen LogP contribution < -0.4 is 5.32 Å². The molecule has 14 heteroatoms. The van der Waals surface area contributed by atoms with Crippen LogP contribution in [0.1, 0.15) is 107 Å². The number of oxazole rings is 2. The van der Waals surface area contributed by atoms with Crippen LogP contribution in [-0.4, -0.2) is 74.9 Å². The Morgan fingerprint density at radius 3 is 1.49 bits per heavy atom. The highest BCUT2D eigenvalue weighted by molar-refractivity contribution is 5.73. The van der Waals surface area contributed by atoms with E-state index in [1.54, 1.807) is 11.0 Å². The number of aliphatic hydroxyl groups is 2. The number of benzene rings is 4. The average Bonchev–Trinajstić information content (AvgIpc) is 4.01. The van der Waals surface area contributed by atoms with Gasteiger partial charge in [-0.2, -0.15) is 0 Å². The van der Waals surface area contributed by atoms with Gasteiger partial charge in [-0.3, -0.25) is 9.59 Å². The molecule has 0 bridgehead atoms. The summed E-state index contributed by atoms with van der Waals surface area (Å²) >= 11 is 0. The number of fused-ring (bicyclic) bond motifs is 2. The molecule has 2 aliphatic heterocycles. The number of hydrogen-bond acceptors (Lipinski definition) is 13. The highest BCUT2D eigenvalue weighted by Gasteiger charge is 2.31. The highest BCUT2D eigenvalue weighted by atomic mass is 16.6. The molecule has 0 spiro atoms. The first kappa shape index (κ1) is 50.3. The lowest BCUT2D eigenvalue weighted by Gasteiger charge is -2.31. The number of amides is 1. The number of allylic oxidation sites excluding steroid dienone is 2. The number of para-hydroxylation sites is 4. The minimum atomic E-state index is -1.08. The first-order valence-corrected chi connectivity index (χ1v) is 23.9. The van der Waals surface area contributed by atoms with Crippen molar-refractivity contribution in [1.82, 2.24) is 20.2 Å². The Labute approximate surface area is 403 Å². The molecule has 69 heavy (non-hydrogen) atoms. The first-order chi connectivity index (χ1) is 33.4. The summed E-state index contributed by atoms with van der Waals surface area (Å²) in [5, 5.41) is 25.6. The molecule has 2 saturated heterocycles. The molecule has 2 aliphatic rings. The molecular formula is C55H64N4O10. The van der Waals surface area contributed by atoms with E-state index in [0.29, 0.717) is 61.0 Å². The van der Waals surface area contributed by atoms with Crippen molar-refractivity contribution >= 4 is 40.2 Å². The van der Waals surface area contributed by atoms with E-state index in [-0.39, 0.29) is 55.8 Å². The predicted molar refractivity (Wildman–Crippen MR) is 261 cm³/mol. The molecule has 2 fully saturated rings. The van der Waals surface area contributed by atoms with E-state index in [1.165, 1.54) is 11.1 Å². The Morgan fingerprint density at radius 2 is 1.06 bits per heavy atom. The van der Waals surface area contributed by atoms with Crippen LogP contribution >= 0.6 is 0 Å². The quantitative estimate of drug-likeness (QED) is 0.0473. The molecule has 4 atom stereocenters. The van der Waals surface area contributed by atoms with Gasteiger partial charge >= 0.3 is 18.0 Å². The zero-order valence-corrected chi connectivity index (χ0v) is 39.8. The van der Waals surface area contributed by atoms with Crippen molar-refractivity contribution < 1.29 is 47.6 Å². The minimum absolute atomic E-state index is 0.0144. The summed E-state index contributed by atoms with van der Waals surface area (Å²) < 4.78 is 28.0. The van der Waals surface area contributed by atoms with E-state index in [4.69, 9.17) is 23.0 Å². The number of likely N-dealkylation sites (tertiary alicyclic amines) is 1. The standard InChI is InChI=1S/C30H36N2O6.C25H28N2O4/c1-30(2,3)38-29(35)32-17-15-21(16-18-32)13-14-23(19-26(33)36-20-22-9-5-4-6-10-22)27(34)28-31-24-11-7-8-12-25(24)37-28;28-23(30-17-19-6-2-1-3-7-19)16-20(11-10-18-12-14-26-15-13-18)24(29)25-27-21-8-4-5-9-22(21)31-25/h4-13,23,27,34H,14-20H2,1-3H3;1-10,20,24,26,29H,11-17H2/t23-,27?;20-,24?/m11/s1. The van der Waals surface area contributed by atoms with Crippen molar-refractivity contribution in [2.75, 3.05) is 26.2 Å². The van der Waals surface area contributed by atoms with Gasteiger partial charge in [-0.15, -0.1) is 0 Å². The smallest absolute Gasteiger partial charge is 0.410 e. The molecule has 2 aromatic heterocycles. The number of hydrogen-bond donors (Lipinski definition) is 3. The van der Waals surface area contributed by atoms with Crippen LogP contribution in [0.4, 0.5) is 4.79 Å². The second-order valence-corrected chi connectivity index (χ2v) is 18.6.